The Balaban J connectivity index is 0.00000156. The van der Waals surface area contributed by atoms with Crippen molar-refractivity contribution in [3.05, 3.63) is 71.3 Å². The molecule has 0 saturated carbocycles. The lowest BCUT2D eigenvalue weighted by Gasteiger charge is -2.43. The molecule has 2 saturated heterocycles. The number of hydrogen-bond donors (Lipinski definition) is 0. The smallest absolute Gasteiger partial charge is 0.0170 e. The lowest BCUT2D eigenvalue weighted by Crippen LogP contribution is -2.44. The van der Waals surface area contributed by atoms with Gasteiger partial charge in [-0.3, -0.25) is 4.90 Å². The van der Waals surface area contributed by atoms with Gasteiger partial charge in [0, 0.05) is 18.0 Å². The molecule has 0 radical (unpaired) electrons. The van der Waals surface area contributed by atoms with Crippen molar-refractivity contribution in [1.29, 1.82) is 0 Å². The van der Waals surface area contributed by atoms with Crippen LogP contribution in [0.5, 0.6) is 0 Å². The van der Waals surface area contributed by atoms with Crippen molar-refractivity contribution in [1.82, 2.24) is 4.90 Å². The van der Waals surface area contributed by atoms with Crippen LogP contribution in [-0.2, 0) is 0 Å². The third-order valence-corrected chi connectivity index (χ3v) is 5.96. The van der Waals surface area contributed by atoms with Gasteiger partial charge in [0.15, 0.2) is 0 Å². The summed E-state index contributed by atoms with van der Waals surface area (Å²) in [6.45, 7) is 2.18. The summed E-state index contributed by atoms with van der Waals surface area (Å²) in [7, 11) is 2.34. The Kier molecular flexibility index (Phi) is 4.79. The fourth-order valence-electron chi connectivity index (χ4n) is 4.75. The molecule has 0 N–H and O–H groups in total. The third-order valence-electron chi connectivity index (χ3n) is 5.96. The van der Waals surface area contributed by atoms with E-state index in [4.69, 9.17) is 0 Å². The van der Waals surface area contributed by atoms with Crippen molar-refractivity contribution in [2.75, 3.05) is 7.05 Å². The van der Waals surface area contributed by atoms with Gasteiger partial charge in [-0.25, -0.2) is 0 Å². The molecule has 2 bridgehead atoms. The molecule has 4 atom stereocenters. The van der Waals surface area contributed by atoms with Crippen molar-refractivity contribution in [2.24, 2.45) is 0 Å². The van der Waals surface area contributed by atoms with Crippen LogP contribution < -0.4 is 0 Å². The van der Waals surface area contributed by atoms with Gasteiger partial charge < -0.3 is 0 Å². The lowest BCUT2D eigenvalue weighted by atomic mass is 9.73. The fourth-order valence-corrected chi connectivity index (χ4v) is 4.75. The van der Waals surface area contributed by atoms with Gasteiger partial charge in [0.2, 0.25) is 0 Å². The van der Waals surface area contributed by atoms with Crippen molar-refractivity contribution >= 4 is 12.4 Å². The zero-order chi connectivity index (χ0) is 15.1. The van der Waals surface area contributed by atoms with Crippen LogP contribution in [-0.4, -0.2) is 24.0 Å². The average molecular weight is 328 g/mol. The number of likely N-dealkylation sites (N-methyl/N-ethyl adjacent to an activating group) is 1. The molecule has 4 rings (SSSR count). The number of fused-ring (bicyclic) bond motifs is 2. The number of halogens is 1. The minimum absolute atomic E-state index is 0. The summed E-state index contributed by atoms with van der Waals surface area (Å²) in [4.78, 5) is 2.66. The summed E-state index contributed by atoms with van der Waals surface area (Å²) >= 11 is 0. The maximum atomic E-state index is 2.66. The second kappa shape index (κ2) is 6.67. The number of piperidine rings is 1. The molecule has 2 fully saturated rings. The lowest BCUT2D eigenvalue weighted by molar-refractivity contribution is 0.137. The number of benzene rings is 2. The van der Waals surface area contributed by atoms with Crippen molar-refractivity contribution < 1.29 is 0 Å². The highest BCUT2D eigenvalue weighted by Crippen LogP contribution is 2.50. The largest absolute Gasteiger partial charge is 0.300 e. The molecule has 0 amide bonds. The van der Waals surface area contributed by atoms with E-state index in [0.717, 1.165) is 6.04 Å². The fraction of sp³-hybridized carbons (Fsp3) is 0.429. The van der Waals surface area contributed by atoms with E-state index in [1.807, 2.05) is 0 Å². The molecule has 1 nitrogen and oxygen atoms in total. The Hall–Kier alpha value is -1.31. The van der Waals surface area contributed by atoms with Crippen molar-refractivity contribution in [3.63, 3.8) is 0 Å². The van der Waals surface area contributed by atoms with E-state index in [1.54, 1.807) is 0 Å². The summed E-state index contributed by atoms with van der Waals surface area (Å²) in [6.07, 6.45) is 4.02. The number of aryl methyl sites for hydroxylation is 1. The van der Waals surface area contributed by atoms with Gasteiger partial charge in [0.25, 0.3) is 0 Å². The highest BCUT2D eigenvalue weighted by Gasteiger charge is 2.46. The molecule has 122 valence electrons. The molecule has 2 heterocycles. The molecule has 0 aliphatic carbocycles. The van der Waals surface area contributed by atoms with E-state index in [0.29, 0.717) is 17.9 Å². The Labute approximate surface area is 146 Å². The maximum Gasteiger partial charge on any atom is 0.0170 e. The third kappa shape index (κ3) is 2.93. The van der Waals surface area contributed by atoms with Crippen molar-refractivity contribution in [3.8, 4) is 0 Å². The van der Waals surface area contributed by atoms with Crippen LogP contribution in [0.15, 0.2) is 54.6 Å². The summed E-state index contributed by atoms with van der Waals surface area (Å²) < 4.78 is 0. The molecule has 2 aliphatic heterocycles. The van der Waals surface area contributed by atoms with Crippen LogP contribution >= 0.6 is 12.4 Å². The zero-order valence-corrected chi connectivity index (χ0v) is 14.8. The highest BCUT2D eigenvalue weighted by molar-refractivity contribution is 5.85. The van der Waals surface area contributed by atoms with Crippen molar-refractivity contribution in [2.45, 2.75) is 50.1 Å². The van der Waals surface area contributed by atoms with Crippen LogP contribution in [0.1, 0.15) is 47.8 Å². The average Bonchev–Trinajstić information content (AvgIpc) is 2.79. The van der Waals surface area contributed by atoms with E-state index in [2.05, 4.69) is 73.5 Å². The minimum atomic E-state index is 0. The highest BCUT2D eigenvalue weighted by atomic mass is 35.5. The first-order valence-corrected chi connectivity index (χ1v) is 8.57. The van der Waals surface area contributed by atoms with E-state index in [9.17, 15) is 0 Å². The van der Waals surface area contributed by atoms with Gasteiger partial charge in [0.1, 0.15) is 0 Å². The summed E-state index contributed by atoms with van der Waals surface area (Å²) in [5, 5.41) is 0. The minimum Gasteiger partial charge on any atom is -0.300 e. The monoisotopic (exact) mass is 327 g/mol. The summed E-state index contributed by atoms with van der Waals surface area (Å²) in [5.74, 6) is 1.30. The molecule has 0 spiro atoms. The maximum absolute atomic E-state index is 2.66. The molecular formula is C21H26ClN. The summed E-state index contributed by atoms with van der Waals surface area (Å²) in [6, 6.07) is 21.9. The first-order chi connectivity index (χ1) is 10.7. The predicted molar refractivity (Wildman–Crippen MR) is 99.5 cm³/mol. The standard InChI is InChI=1S/C21H25N.ClH/c1-15-8-10-17(11-9-15)21-19(16-6-4-3-5-7-16)14-18-12-13-20(21)22(18)2;/h3-11,18-21H,12-14H2,1-2H3;1H/t18-,19-,20+,21+;/m0./s1. The molecule has 2 aromatic carbocycles. The van der Waals surface area contributed by atoms with Gasteiger partial charge in [-0.1, -0.05) is 60.2 Å². The topological polar surface area (TPSA) is 3.24 Å². The Morgan fingerprint density at radius 2 is 1.57 bits per heavy atom. The quantitative estimate of drug-likeness (QED) is 0.737. The summed E-state index contributed by atoms with van der Waals surface area (Å²) in [5.41, 5.74) is 4.41. The van der Waals surface area contributed by atoms with E-state index in [1.165, 1.54) is 36.0 Å². The van der Waals surface area contributed by atoms with E-state index >= 15 is 0 Å². The first kappa shape index (κ1) is 16.5. The molecule has 0 unspecified atom stereocenters. The van der Waals surface area contributed by atoms with Crippen LogP contribution in [0.2, 0.25) is 0 Å². The van der Waals surface area contributed by atoms with Gasteiger partial charge in [-0.2, -0.15) is 0 Å². The number of rotatable bonds is 2. The van der Waals surface area contributed by atoms with Gasteiger partial charge in [-0.15, -0.1) is 12.4 Å². The second-order valence-corrected chi connectivity index (χ2v) is 7.15. The second-order valence-electron chi connectivity index (χ2n) is 7.15. The SMILES string of the molecule is Cc1ccc([C@H]2[C@H]3CC[C@@H](C[C@H]2c2ccccc2)N3C)cc1.Cl. The van der Waals surface area contributed by atoms with Crippen LogP contribution in [0, 0.1) is 6.92 Å². The Bertz CT molecular complexity index is 637. The molecular weight excluding hydrogens is 302 g/mol. The van der Waals surface area contributed by atoms with Gasteiger partial charge in [-0.05, 0) is 50.3 Å². The van der Waals surface area contributed by atoms with Gasteiger partial charge >= 0.3 is 0 Å². The number of hydrogen-bond acceptors (Lipinski definition) is 1. The van der Waals surface area contributed by atoms with Crippen LogP contribution in [0.3, 0.4) is 0 Å². The van der Waals surface area contributed by atoms with E-state index in [-0.39, 0.29) is 12.4 Å². The molecule has 2 heteroatoms. The molecule has 23 heavy (non-hydrogen) atoms. The zero-order valence-electron chi connectivity index (χ0n) is 14.0. The van der Waals surface area contributed by atoms with Crippen LogP contribution in [0.4, 0.5) is 0 Å². The van der Waals surface area contributed by atoms with E-state index < -0.39 is 0 Å². The molecule has 2 aromatic rings. The molecule has 2 aliphatic rings. The van der Waals surface area contributed by atoms with Crippen LogP contribution in [0.25, 0.3) is 0 Å². The Morgan fingerprint density at radius 3 is 2.26 bits per heavy atom. The predicted octanol–water partition coefficient (Wildman–Crippen LogP) is 5.15. The normalized spacial score (nSPS) is 30.0. The van der Waals surface area contributed by atoms with Gasteiger partial charge in [0.05, 0.1) is 0 Å². The first-order valence-electron chi connectivity index (χ1n) is 8.57. The molecule has 0 aromatic heterocycles. The Morgan fingerprint density at radius 1 is 0.870 bits per heavy atom. The number of nitrogens with zero attached hydrogens (tertiary/aromatic N) is 1.